The van der Waals surface area contributed by atoms with Crippen LogP contribution in [0.25, 0.3) is 11.1 Å². The predicted molar refractivity (Wildman–Crippen MR) is 124 cm³/mol. The van der Waals surface area contributed by atoms with Crippen molar-refractivity contribution in [3.05, 3.63) is 86.0 Å². The maximum Gasteiger partial charge on any atom is 0.338 e. The molecule has 0 heterocycles. The van der Waals surface area contributed by atoms with Gasteiger partial charge in [0.15, 0.2) is 0 Å². The maximum atomic E-state index is 12.2. The van der Waals surface area contributed by atoms with Crippen LogP contribution >= 0.6 is 0 Å². The second-order valence-corrected chi connectivity index (χ2v) is 6.91. The van der Waals surface area contributed by atoms with E-state index in [4.69, 9.17) is 18.9 Å². The van der Waals surface area contributed by atoms with E-state index in [1.165, 1.54) is 50.2 Å². The Bertz CT molecular complexity index is 1220. The molecule has 34 heavy (non-hydrogen) atoms. The molecular formula is C26H22O8. The third kappa shape index (κ3) is 6.64. The lowest BCUT2D eigenvalue weighted by Crippen LogP contribution is -2.11. The van der Waals surface area contributed by atoms with Gasteiger partial charge in [0, 0.05) is 46.6 Å². The fraction of sp³-hybridized carbons (Fsp3) is 0.0769. The van der Waals surface area contributed by atoms with E-state index in [9.17, 15) is 19.2 Å². The maximum absolute atomic E-state index is 12.2. The minimum Gasteiger partial charge on any atom is -0.423 e. The summed E-state index contributed by atoms with van der Waals surface area (Å²) in [6.45, 7) is 16.7. The second kappa shape index (κ2) is 11.2. The summed E-state index contributed by atoms with van der Waals surface area (Å²) >= 11 is 0. The first-order valence-electron chi connectivity index (χ1n) is 9.78. The van der Waals surface area contributed by atoms with Gasteiger partial charge < -0.3 is 18.9 Å². The van der Waals surface area contributed by atoms with Gasteiger partial charge in [0.1, 0.15) is 23.0 Å². The summed E-state index contributed by atoms with van der Waals surface area (Å²) in [5.41, 5.74) is 0.905. The number of hydrogen-bond donors (Lipinski definition) is 0. The van der Waals surface area contributed by atoms with Crippen LogP contribution in [-0.2, 0) is 19.2 Å². The lowest BCUT2D eigenvalue weighted by atomic mass is 10.0. The first-order chi connectivity index (χ1) is 16.0. The highest BCUT2D eigenvalue weighted by atomic mass is 16.6. The van der Waals surface area contributed by atoms with Crippen LogP contribution in [0.5, 0.6) is 23.0 Å². The Hall–Kier alpha value is -4.72. The van der Waals surface area contributed by atoms with E-state index >= 15 is 0 Å². The monoisotopic (exact) mass is 462 g/mol. The van der Waals surface area contributed by atoms with Gasteiger partial charge in [0.05, 0.1) is 0 Å². The lowest BCUT2D eigenvalue weighted by Gasteiger charge is -2.16. The van der Waals surface area contributed by atoms with Gasteiger partial charge in [-0.2, -0.15) is 0 Å². The Morgan fingerprint density at radius 2 is 1.06 bits per heavy atom. The van der Waals surface area contributed by atoms with Crippen molar-refractivity contribution in [3.63, 3.8) is 0 Å². The van der Waals surface area contributed by atoms with Gasteiger partial charge in [0.2, 0.25) is 0 Å². The quantitative estimate of drug-likeness (QED) is 0.305. The average Bonchev–Trinajstić information content (AvgIpc) is 2.79. The number of carbonyl (C=O) groups is 4. The number of hydrogen-bond acceptors (Lipinski definition) is 8. The molecule has 2 aromatic rings. The van der Waals surface area contributed by atoms with Gasteiger partial charge in [-0.1, -0.05) is 26.3 Å². The zero-order valence-electron chi connectivity index (χ0n) is 18.7. The molecule has 0 radical (unpaired) electrons. The van der Waals surface area contributed by atoms with Crippen LogP contribution in [-0.4, -0.2) is 23.9 Å². The topological polar surface area (TPSA) is 105 Å². The molecule has 0 N–H and O–H groups in total. The van der Waals surface area contributed by atoms with E-state index in [0.717, 1.165) is 12.2 Å². The van der Waals surface area contributed by atoms with E-state index in [1.807, 2.05) is 0 Å². The van der Waals surface area contributed by atoms with E-state index in [0.29, 0.717) is 11.1 Å². The largest absolute Gasteiger partial charge is 0.423 e. The van der Waals surface area contributed by atoms with Crippen LogP contribution in [0.3, 0.4) is 0 Å². The van der Waals surface area contributed by atoms with Crippen LogP contribution in [0.2, 0.25) is 0 Å². The summed E-state index contributed by atoms with van der Waals surface area (Å²) in [6, 6.07) is 8.52. The summed E-state index contributed by atoms with van der Waals surface area (Å²) in [4.78, 5) is 47.6. The second-order valence-electron chi connectivity index (χ2n) is 6.91. The van der Waals surface area contributed by atoms with Crippen LogP contribution in [0.1, 0.15) is 13.8 Å². The summed E-state index contributed by atoms with van der Waals surface area (Å²) in [5.74, 6) is -2.75. The molecule has 0 aliphatic rings. The van der Waals surface area contributed by atoms with Gasteiger partial charge in [0.25, 0.3) is 0 Å². The minimum atomic E-state index is -0.777. The third-order valence-electron chi connectivity index (χ3n) is 4.07. The van der Waals surface area contributed by atoms with Gasteiger partial charge in [-0.3, -0.25) is 0 Å². The molecule has 0 saturated carbocycles. The molecule has 0 bridgehead atoms. The van der Waals surface area contributed by atoms with Crippen LogP contribution in [0.4, 0.5) is 0 Å². The molecule has 0 aromatic heterocycles. The van der Waals surface area contributed by atoms with Crippen LogP contribution < -0.4 is 18.9 Å². The minimum absolute atomic E-state index is 0.00764. The molecule has 0 aliphatic heterocycles. The van der Waals surface area contributed by atoms with E-state index in [-0.39, 0.29) is 34.1 Å². The van der Waals surface area contributed by atoms with E-state index in [2.05, 4.69) is 26.3 Å². The molecule has 174 valence electrons. The van der Waals surface area contributed by atoms with E-state index in [1.54, 1.807) is 0 Å². The highest BCUT2D eigenvalue weighted by molar-refractivity contribution is 5.92. The molecule has 0 saturated heterocycles. The molecule has 0 spiro atoms. The van der Waals surface area contributed by atoms with Gasteiger partial charge in [-0.25, -0.2) is 19.2 Å². The average molecular weight is 462 g/mol. The molecule has 0 unspecified atom stereocenters. The molecule has 8 nitrogen and oxygen atoms in total. The highest BCUT2D eigenvalue weighted by Gasteiger charge is 2.19. The molecule has 0 amide bonds. The van der Waals surface area contributed by atoms with Crippen molar-refractivity contribution in [2.24, 2.45) is 0 Å². The van der Waals surface area contributed by atoms with Gasteiger partial charge in [-0.05, 0) is 38.1 Å². The van der Waals surface area contributed by atoms with Crippen molar-refractivity contribution < 1.29 is 38.1 Å². The number of ether oxygens (including phenoxy) is 4. The standard InChI is InChI=1S/C26H22O8/c1-7-23(27)31-17-9-11-19(21(13-17)33-24(28)8-2)20-12-10-18(32-25(29)15(3)4)14-22(20)34-26(30)16(5)6/h7-14H,1-3,5H2,4,6H3. The summed E-state index contributed by atoms with van der Waals surface area (Å²) in [5, 5.41) is 0. The molecule has 0 atom stereocenters. The third-order valence-corrected chi connectivity index (χ3v) is 4.07. The molecule has 0 fully saturated rings. The van der Waals surface area contributed by atoms with Gasteiger partial charge >= 0.3 is 23.9 Å². The summed E-state index contributed by atoms with van der Waals surface area (Å²) in [7, 11) is 0. The first-order valence-corrected chi connectivity index (χ1v) is 9.78. The summed E-state index contributed by atoms with van der Waals surface area (Å²) < 4.78 is 21.0. The van der Waals surface area contributed by atoms with Crippen molar-refractivity contribution in [3.8, 4) is 34.1 Å². The highest BCUT2D eigenvalue weighted by Crippen LogP contribution is 2.40. The number of esters is 4. The Morgan fingerprint density at radius 3 is 1.53 bits per heavy atom. The molecule has 2 aromatic carbocycles. The summed E-state index contributed by atoms with van der Waals surface area (Å²) in [6.07, 6.45) is 1.93. The normalized spacial score (nSPS) is 9.82. The molecule has 2 rings (SSSR count). The SMILES string of the molecule is C=CC(=O)Oc1ccc(-c2ccc(OC(=O)C(=C)C)cc2OC(=O)C(=C)C)c(OC(=O)C=C)c1. The van der Waals surface area contributed by atoms with Crippen molar-refractivity contribution in [2.45, 2.75) is 13.8 Å². The lowest BCUT2D eigenvalue weighted by molar-refractivity contribution is -0.131. The molecule has 0 aliphatic carbocycles. The Morgan fingerprint density at radius 1 is 0.647 bits per heavy atom. The predicted octanol–water partition coefficient (Wildman–Crippen LogP) is 4.50. The number of rotatable bonds is 9. The smallest absolute Gasteiger partial charge is 0.338 e. The Kier molecular flexibility index (Phi) is 8.44. The molecule has 8 heteroatoms. The fourth-order valence-electron chi connectivity index (χ4n) is 2.44. The Balaban J connectivity index is 2.65. The molecular weight excluding hydrogens is 440 g/mol. The van der Waals surface area contributed by atoms with Crippen molar-refractivity contribution >= 4 is 23.9 Å². The Labute approximate surface area is 196 Å². The zero-order valence-corrected chi connectivity index (χ0v) is 18.7. The van der Waals surface area contributed by atoms with Gasteiger partial charge in [-0.15, -0.1) is 0 Å². The van der Waals surface area contributed by atoms with Crippen molar-refractivity contribution in [1.29, 1.82) is 0 Å². The van der Waals surface area contributed by atoms with Crippen molar-refractivity contribution in [2.75, 3.05) is 0 Å². The van der Waals surface area contributed by atoms with Crippen LogP contribution in [0.15, 0.2) is 86.0 Å². The van der Waals surface area contributed by atoms with Crippen LogP contribution in [0, 0.1) is 0 Å². The fourth-order valence-corrected chi connectivity index (χ4v) is 2.44. The number of carbonyl (C=O) groups excluding carboxylic acids is 4. The number of benzene rings is 2. The van der Waals surface area contributed by atoms with E-state index < -0.39 is 23.9 Å². The zero-order chi connectivity index (χ0) is 25.4. The van der Waals surface area contributed by atoms with Crippen molar-refractivity contribution in [1.82, 2.24) is 0 Å². The first kappa shape index (κ1) is 25.5.